The Kier molecular flexibility index (Phi) is 5.43. The highest BCUT2D eigenvalue weighted by Crippen LogP contribution is 2.40. The average molecular weight is 503 g/mol. The lowest BCUT2D eigenvalue weighted by Crippen LogP contribution is -2.58. The lowest BCUT2D eigenvalue weighted by Gasteiger charge is -2.48. The number of imidazole rings is 1. The molecule has 0 bridgehead atoms. The van der Waals surface area contributed by atoms with E-state index in [1.54, 1.807) is 12.1 Å². The van der Waals surface area contributed by atoms with Crippen molar-refractivity contribution in [3.05, 3.63) is 52.3 Å². The van der Waals surface area contributed by atoms with Gasteiger partial charge in [0, 0.05) is 37.7 Å². The van der Waals surface area contributed by atoms with Crippen molar-refractivity contribution in [1.82, 2.24) is 24.9 Å². The summed E-state index contributed by atoms with van der Waals surface area (Å²) in [5, 5.41) is 19.0. The van der Waals surface area contributed by atoms with Crippen molar-refractivity contribution < 1.29 is 4.39 Å². The molecule has 0 amide bonds. The van der Waals surface area contributed by atoms with Crippen molar-refractivity contribution in [1.29, 1.82) is 5.26 Å². The second-order valence-corrected chi connectivity index (χ2v) is 10.8. The van der Waals surface area contributed by atoms with E-state index in [0.29, 0.717) is 26.7 Å². The van der Waals surface area contributed by atoms with Crippen LogP contribution in [0, 0.1) is 29.5 Å². The van der Waals surface area contributed by atoms with Gasteiger partial charge >= 0.3 is 0 Å². The highest BCUT2D eigenvalue weighted by atomic mass is 32.1. The number of rotatable bonds is 5. The number of fused-ring (bicyclic) bond motifs is 1. The van der Waals surface area contributed by atoms with Gasteiger partial charge in [-0.2, -0.15) is 9.78 Å². The summed E-state index contributed by atoms with van der Waals surface area (Å²) >= 11 is 1.31. The second-order valence-electron chi connectivity index (χ2n) is 9.79. The van der Waals surface area contributed by atoms with Gasteiger partial charge in [0.1, 0.15) is 28.3 Å². The Bertz CT molecular complexity index is 1490. The molecule has 3 aromatic heterocycles. The quantitative estimate of drug-likeness (QED) is 0.435. The van der Waals surface area contributed by atoms with Crippen LogP contribution >= 0.6 is 11.3 Å². The molecule has 0 aliphatic carbocycles. The minimum absolute atomic E-state index is 0.322. The third kappa shape index (κ3) is 3.62. The third-order valence-electron chi connectivity index (χ3n) is 7.28. The van der Waals surface area contributed by atoms with Crippen molar-refractivity contribution in [3.63, 3.8) is 0 Å². The Balaban J connectivity index is 1.40. The number of nitrogens with zero attached hydrogens (tertiary/aromatic N) is 7. The average Bonchev–Trinajstić information content (AvgIpc) is 3.59. The first-order valence-electron chi connectivity index (χ1n) is 12.2. The molecule has 0 unspecified atom stereocenters. The molecule has 8 nitrogen and oxygen atoms in total. The van der Waals surface area contributed by atoms with E-state index in [4.69, 9.17) is 15.1 Å². The van der Waals surface area contributed by atoms with E-state index in [1.807, 2.05) is 16.5 Å². The van der Waals surface area contributed by atoms with Gasteiger partial charge in [-0.25, -0.2) is 14.4 Å². The van der Waals surface area contributed by atoms with Gasteiger partial charge in [0.2, 0.25) is 0 Å². The van der Waals surface area contributed by atoms with Crippen molar-refractivity contribution in [2.24, 2.45) is 5.41 Å². The van der Waals surface area contributed by atoms with E-state index < -0.39 is 0 Å². The number of hydrogen-bond acceptors (Lipinski definition) is 8. The number of aromatic nitrogens is 4. The molecule has 36 heavy (non-hydrogen) atoms. The van der Waals surface area contributed by atoms with Crippen LogP contribution in [0.5, 0.6) is 0 Å². The Morgan fingerprint density at radius 3 is 2.69 bits per heavy atom. The number of nitriles is 1. The Labute approximate surface area is 213 Å². The van der Waals surface area contributed by atoms with Crippen LogP contribution in [-0.2, 0) is 6.42 Å². The molecule has 2 aliphatic heterocycles. The molecule has 2 aliphatic rings. The number of hydrogen-bond donors (Lipinski definition) is 1. The van der Waals surface area contributed by atoms with Gasteiger partial charge in [0.05, 0.1) is 5.69 Å². The first-order valence-corrected chi connectivity index (χ1v) is 13.0. The SMILES string of the molecule is CCc1nc2c(C)cc(N3CC4(CCNC4)C3)nn2c1N(C)c1nc(-c2ccc(F)cc2)c(C#N)s1. The molecule has 2 saturated heterocycles. The van der Waals surface area contributed by atoms with Crippen LogP contribution in [0.15, 0.2) is 30.3 Å². The van der Waals surface area contributed by atoms with Gasteiger partial charge in [0.15, 0.2) is 16.6 Å². The van der Waals surface area contributed by atoms with E-state index in [1.165, 1.54) is 29.9 Å². The van der Waals surface area contributed by atoms with E-state index in [2.05, 4.69) is 36.2 Å². The fourth-order valence-corrected chi connectivity index (χ4v) is 6.18. The van der Waals surface area contributed by atoms with Gasteiger partial charge in [-0.15, -0.1) is 5.10 Å². The van der Waals surface area contributed by atoms with Crippen LogP contribution in [0.4, 0.5) is 21.2 Å². The third-order valence-corrected chi connectivity index (χ3v) is 8.32. The highest BCUT2D eigenvalue weighted by Gasteiger charge is 2.45. The summed E-state index contributed by atoms with van der Waals surface area (Å²) in [4.78, 5) is 14.5. The van der Waals surface area contributed by atoms with Crippen LogP contribution in [0.3, 0.4) is 0 Å². The molecule has 10 heteroatoms. The van der Waals surface area contributed by atoms with Crippen molar-refractivity contribution in [2.75, 3.05) is 43.0 Å². The zero-order valence-electron chi connectivity index (χ0n) is 20.5. The number of nitrogens with one attached hydrogen (secondary N) is 1. The van der Waals surface area contributed by atoms with Crippen molar-refractivity contribution in [2.45, 2.75) is 26.7 Å². The Morgan fingerprint density at radius 2 is 2.03 bits per heavy atom. The topological polar surface area (TPSA) is 85.4 Å². The molecule has 0 atom stereocenters. The van der Waals surface area contributed by atoms with Gasteiger partial charge in [-0.3, -0.25) is 0 Å². The van der Waals surface area contributed by atoms with E-state index in [9.17, 15) is 9.65 Å². The van der Waals surface area contributed by atoms with Crippen LogP contribution in [-0.4, -0.2) is 52.8 Å². The van der Waals surface area contributed by atoms with E-state index in [0.717, 1.165) is 61.1 Å². The highest BCUT2D eigenvalue weighted by molar-refractivity contribution is 7.16. The fourth-order valence-electron chi connectivity index (χ4n) is 5.33. The van der Waals surface area contributed by atoms with Gasteiger partial charge in [-0.1, -0.05) is 18.3 Å². The van der Waals surface area contributed by atoms with E-state index in [-0.39, 0.29) is 5.82 Å². The number of aryl methyl sites for hydroxylation is 2. The minimum Gasteiger partial charge on any atom is -0.354 e. The summed E-state index contributed by atoms with van der Waals surface area (Å²) in [6, 6.07) is 10.5. The summed E-state index contributed by atoms with van der Waals surface area (Å²) in [7, 11) is 1.93. The monoisotopic (exact) mass is 502 g/mol. The number of benzene rings is 1. The van der Waals surface area contributed by atoms with Crippen LogP contribution in [0.1, 0.15) is 29.5 Å². The molecule has 4 aromatic rings. The molecule has 1 spiro atoms. The summed E-state index contributed by atoms with van der Waals surface area (Å²) < 4.78 is 15.4. The first kappa shape index (κ1) is 22.9. The normalized spacial score (nSPS) is 16.5. The van der Waals surface area contributed by atoms with Crippen LogP contribution < -0.4 is 15.1 Å². The molecule has 0 radical (unpaired) electrons. The van der Waals surface area contributed by atoms with Gasteiger partial charge in [0.25, 0.3) is 0 Å². The number of anilines is 3. The van der Waals surface area contributed by atoms with Crippen molar-refractivity contribution in [3.8, 4) is 17.3 Å². The lowest BCUT2D eigenvalue weighted by atomic mass is 9.79. The standard InChI is InChI=1S/C26H27FN8S/c1-4-19-24(33(3)25-31-22(20(12-28)36-25)17-5-7-18(27)8-6-17)35-23(30-19)16(2)11-21(32-35)34-14-26(15-34)9-10-29-13-26/h5-8,11,29H,4,9-10,13-15H2,1-3H3. The predicted molar refractivity (Wildman–Crippen MR) is 140 cm³/mol. The van der Waals surface area contributed by atoms with Gasteiger partial charge in [-0.05, 0) is 62.2 Å². The molecule has 2 fully saturated rings. The molecular formula is C26H27FN8S. The predicted octanol–water partition coefficient (Wildman–Crippen LogP) is 4.30. The molecule has 5 heterocycles. The summed E-state index contributed by atoms with van der Waals surface area (Å²) in [5.74, 6) is 1.48. The fraction of sp³-hybridized carbons (Fsp3) is 0.385. The molecule has 184 valence electrons. The lowest BCUT2D eigenvalue weighted by molar-refractivity contribution is 0.241. The zero-order valence-corrected chi connectivity index (χ0v) is 21.4. The van der Waals surface area contributed by atoms with Crippen LogP contribution in [0.25, 0.3) is 16.9 Å². The summed E-state index contributed by atoms with van der Waals surface area (Å²) in [6.45, 7) is 8.34. The zero-order chi connectivity index (χ0) is 25.0. The first-order chi connectivity index (χ1) is 17.4. The molecule has 1 N–H and O–H groups in total. The molecule has 1 aromatic carbocycles. The van der Waals surface area contributed by atoms with E-state index >= 15 is 0 Å². The maximum absolute atomic E-state index is 13.5. The largest absolute Gasteiger partial charge is 0.354 e. The maximum atomic E-state index is 13.5. The Morgan fingerprint density at radius 1 is 1.25 bits per heavy atom. The molecule has 0 saturated carbocycles. The minimum atomic E-state index is -0.322. The summed E-state index contributed by atoms with van der Waals surface area (Å²) in [5.41, 5.74) is 4.45. The van der Waals surface area contributed by atoms with Crippen molar-refractivity contribution >= 4 is 33.8 Å². The number of thiazole rings is 1. The maximum Gasteiger partial charge on any atom is 0.192 e. The molecule has 6 rings (SSSR count). The number of halogens is 1. The Hall–Kier alpha value is -3.55. The summed E-state index contributed by atoms with van der Waals surface area (Å²) in [6.07, 6.45) is 1.95. The molecular weight excluding hydrogens is 475 g/mol. The van der Waals surface area contributed by atoms with Gasteiger partial charge < -0.3 is 15.1 Å². The second kappa shape index (κ2) is 8.54. The van der Waals surface area contributed by atoms with Crippen LogP contribution in [0.2, 0.25) is 0 Å². The smallest absolute Gasteiger partial charge is 0.192 e.